The quantitative estimate of drug-likeness (QED) is 0.521. The van der Waals surface area contributed by atoms with E-state index in [1.807, 2.05) is 0 Å². The molecule has 0 rings (SSSR count). The molecule has 0 aliphatic rings. The maximum atomic E-state index is 7.94. The van der Waals surface area contributed by atoms with Crippen molar-refractivity contribution in [2.24, 2.45) is 0 Å². The van der Waals surface area contributed by atoms with E-state index < -0.39 is 0 Å². The van der Waals surface area contributed by atoms with E-state index in [0.717, 1.165) is 0 Å². The van der Waals surface area contributed by atoms with Crippen molar-refractivity contribution in [2.75, 3.05) is 0 Å². The van der Waals surface area contributed by atoms with Gasteiger partial charge in [-0.25, -0.2) is 0 Å². The molecule has 0 aromatic heterocycles. The second-order valence-corrected chi connectivity index (χ2v) is 0. The first kappa shape index (κ1) is 8.90. The van der Waals surface area contributed by atoms with Gasteiger partial charge in [0.15, 0.2) is 0 Å². The van der Waals surface area contributed by atoms with E-state index in [-0.39, 0.29) is 0 Å². The van der Waals surface area contributed by atoms with Crippen molar-refractivity contribution < 1.29 is 33.7 Å². The van der Waals surface area contributed by atoms with E-state index in [2.05, 4.69) is 40.4 Å². The summed E-state index contributed by atoms with van der Waals surface area (Å²) in [6, 6.07) is 0. The molecular formula is Co2OS. The molecule has 0 radical (unpaired) electrons. The summed E-state index contributed by atoms with van der Waals surface area (Å²) in [5.74, 6) is 0. The molecule has 0 bridgehead atoms. The van der Waals surface area contributed by atoms with Crippen molar-refractivity contribution in [2.45, 2.75) is 0 Å². The Bertz CT molecular complexity index is 8.00. The normalized spacial score (nSPS) is 2.50. The van der Waals surface area contributed by atoms with Crippen molar-refractivity contribution in [3.63, 3.8) is 0 Å². The van der Waals surface area contributed by atoms with Gasteiger partial charge in [0.1, 0.15) is 0 Å². The molecule has 0 unspecified atom stereocenters. The molecule has 30 valence electrons. The second kappa shape index (κ2) is 34.8. The van der Waals surface area contributed by atoms with Crippen LogP contribution in [-0.2, 0) is 33.7 Å². The third-order valence-corrected chi connectivity index (χ3v) is 0. The molecule has 0 aromatic rings. The molecule has 0 aliphatic carbocycles. The standard InChI is InChI=1S/2Co.O.S. The molecular weight excluding hydrogens is 166 g/mol. The molecule has 0 saturated carbocycles. The number of hydrogen-bond donors (Lipinski definition) is 0. The van der Waals surface area contributed by atoms with Crippen LogP contribution in [0, 0.1) is 0 Å². The average molecular weight is 166 g/mol. The Morgan fingerprint density at radius 3 is 1.25 bits per heavy atom. The van der Waals surface area contributed by atoms with Gasteiger partial charge in [-0.15, -0.1) is 0 Å². The van der Waals surface area contributed by atoms with Gasteiger partial charge >= 0.3 is 44.3 Å². The molecule has 4 heavy (non-hydrogen) atoms. The van der Waals surface area contributed by atoms with Crippen LogP contribution in [0.2, 0.25) is 0 Å². The van der Waals surface area contributed by atoms with E-state index in [0.29, 0.717) is 0 Å². The molecule has 0 amide bonds. The maximum absolute atomic E-state index is 7.94. The van der Waals surface area contributed by atoms with Crippen LogP contribution in [0.15, 0.2) is 0 Å². The summed E-state index contributed by atoms with van der Waals surface area (Å²) < 4.78 is 7.94. The van der Waals surface area contributed by atoms with Gasteiger partial charge in [0.25, 0.3) is 0 Å². The minimum atomic E-state index is 2.31. The summed E-state index contributed by atoms with van der Waals surface area (Å²) in [5.41, 5.74) is 0. The van der Waals surface area contributed by atoms with Gasteiger partial charge in [-0.2, -0.15) is 0 Å². The molecule has 1 nitrogen and oxygen atoms in total. The predicted octanol–water partition coefficient (Wildman–Crippen LogP) is 0.524. The first-order valence-electron chi connectivity index (χ1n) is 0.272. The fourth-order valence-corrected chi connectivity index (χ4v) is 0. The molecule has 4 heteroatoms. The van der Waals surface area contributed by atoms with Crippen LogP contribution in [0.1, 0.15) is 0 Å². The Labute approximate surface area is 44.4 Å². The zero-order valence-corrected chi connectivity index (χ0v) is 4.38. The fourth-order valence-electron chi connectivity index (χ4n) is 0. The predicted molar refractivity (Wildman–Crippen MR) is 8.28 cm³/mol. The Hall–Kier alpha value is 1.03. The van der Waals surface area contributed by atoms with Crippen molar-refractivity contribution >= 4 is 10.6 Å². The van der Waals surface area contributed by atoms with Gasteiger partial charge in [0, 0.05) is 0 Å². The van der Waals surface area contributed by atoms with Crippen molar-refractivity contribution in [3.05, 3.63) is 0 Å². The number of hydrogen-bond acceptors (Lipinski definition) is 2. The summed E-state index contributed by atoms with van der Waals surface area (Å²) in [7, 11) is 3.77. The molecule has 0 heterocycles. The van der Waals surface area contributed by atoms with E-state index >= 15 is 0 Å². The molecule has 0 N–H and O–H groups in total. The minimum absolute atomic E-state index is 2.31. The molecule has 0 aliphatic heterocycles. The first-order chi connectivity index (χ1) is 2.00. The monoisotopic (exact) mass is 166 g/mol. The Morgan fingerprint density at radius 1 is 1.25 bits per heavy atom. The molecule has 0 saturated heterocycles. The van der Waals surface area contributed by atoms with Gasteiger partial charge in [-0.3, -0.25) is 0 Å². The Kier molecular flexibility index (Phi) is 77.3. The third kappa shape index (κ3) is 11.7. The van der Waals surface area contributed by atoms with Crippen LogP contribution in [0.4, 0.5) is 0 Å². The van der Waals surface area contributed by atoms with Gasteiger partial charge in [0.2, 0.25) is 0 Å². The Balaban J connectivity index is 0. The third-order valence-electron chi connectivity index (χ3n) is 0. The summed E-state index contributed by atoms with van der Waals surface area (Å²) in [5, 5.41) is 0. The molecule has 0 aromatic carbocycles. The van der Waals surface area contributed by atoms with Gasteiger partial charge in [-0.05, 0) is 0 Å². The van der Waals surface area contributed by atoms with E-state index in [4.69, 9.17) is 3.87 Å². The summed E-state index contributed by atoms with van der Waals surface area (Å²) in [6.07, 6.45) is 0. The van der Waals surface area contributed by atoms with Crippen LogP contribution >= 0.6 is 10.6 Å². The van der Waals surface area contributed by atoms with Crippen molar-refractivity contribution in [1.29, 1.82) is 0 Å². The first-order valence-corrected chi connectivity index (χ1v) is 2.24. The average Bonchev–Trinajstić information content (AvgIpc) is 1.50. The van der Waals surface area contributed by atoms with Crippen LogP contribution in [0.25, 0.3) is 0 Å². The van der Waals surface area contributed by atoms with Crippen LogP contribution in [0.5, 0.6) is 0 Å². The van der Waals surface area contributed by atoms with Crippen molar-refractivity contribution in [1.82, 2.24) is 0 Å². The van der Waals surface area contributed by atoms with Gasteiger partial charge < -0.3 is 0 Å². The zero-order valence-electron chi connectivity index (χ0n) is 1.48. The van der Waals surface area contributed by atoms with Crippen molar-refractivity contribution in [3.8, 4) is 0 Å². The summed E-state index contributed by atoms with van der Waals surface area (Å²) >= 11 is 5.46. The van der Waals surface area contributed by atoms with E-state index in [1.54, 1.807) is 0 Å². The zero-order chi connectivity index (χ0) is 4.00. The van der Waals surface area contributed by atoms with Crippen LogP contribution in [0.3, 0.4) is 0 Å². The second-order valence-electron chi connectivity index (χ2n) is 0. The molecule has 0 fully saturated rings. The molecule has 0 atom stereocenters. The topological polar surface area (TPSA) is 17.1 Å². The van der Waals surface area contributed by atoms with Gasteiger partial charge in [-0.1, -0.05) is 0 Å². The summed E-state index contributed by atoms with van der Waals surface area (Å²) in [4.78, 5) is 0. The SMILES string of the molecule is [O]=[Co].[S]=[Co]. The summed E-state index contributed by atoms with van der Waals surface area (Å²) in [6.45, 7) is 0. The van der Waals surface area contributed by atoms with E-state index in [1.165, 1.54) is 0 Å². The van der Waals surface area contributed by atoms with Crippen LogP contribution in [-0.4, -0.2) is 0 Å². The Morgan fingerprint density at radius 2 is 1.25 bits per heavy atom. The van der Waals surface area contributed by atoms with Crippen LogP contribution < -0.4 is 0 Å². The fraction of sp³-hybridized carbons (Fsp3) is 0. The van der Waals surface area contributed by atoms with E-state index in [9.17, 15) is 0 Å². The van der Waals surface area contributed by atoms with Gasteiger partial charge in [0.05, 0.1) is 0 Å². The number of rotatable bonds is 0. The molecule has 0 spiro atoms.